The van der Waals surface area contributed by atoms with Crippen molar-refractivity contribution in [2.75, 3.05) is 20.1 Å². The number of nitrogens with zero attached hydrogens (tertiary/aromatic N) is 1. The molecule has 1 unspecified atom stereocenters. The Morgan fingerprint density at radius 1 is 1.59 bits per heavy atom. The monoisotopic (exact) mass is 236 g/mol. The van der Waals surface area contributed by atoms with Crippen LogP contribution in [-0.2, 0) is 6.42 Å². The van der Waals surface area contributed by atoms with Crippen molar-refractivity contribution in [1.29, 1.82) is 0 Å². The van der Waals surface area contributed by atoms with Gasteiger partial charge in [0.25, 0.3) is 5.91 Å². The zero-order valence-corrected chi connectivity index (χ0v) is 10.5. The van der Waals surface area contributed by atoms with Crippen molar-refractivity contribution >= 4 is 5.91 Å². The SMILES string of the molecule is CCc1ccc(C(=O)N(C)CC2CCCN2)o1. The Balaban J connectivity index is 1.93. The van der Waals surface area contributed by atoms with Gasteiger partial charge in [-0.05, 0) is 31.5 Å². The quantitative estimate of drug-likeness (QED) is 0.865. The van der Waals surface area contributed by atoms with Crippen molar-refractivity contribution in [2.24, 2.45) is 0 Å². The van der Waals surface area contributed by atoms with Gasteiger partial charge in [-0.3, -0.25) is 4.79 Å². The van der Waals surface area contributed by atoms with Gasteiger partial charge >= 0.3 is 0 Å². The molecule has 0 bridgehead atoms. The molecule has 0 aromatic carbocycles. The summed E-state index contributed by atoms with van der Waals surface area (Å²) in [5.74, 6) is 1.28. The van der Waals surface area contributed by atoms with Gasteiger partial charge in [0.1, 0.15) is 5.76 Å². The van der Waals surface area contributed by atoms with Crippen LogP contribution in [0, 0.1) is 0 Å². The lowest BCUT2D eigenvalue weighted by Crippen LogP contribution is -2.38. The highest BCUT2D eigenvalue weighted by Crippen LogP contribution is 2.12. The Kier molecular flexibility index (Phi) is 3.84. The minimum Gasteiger partial charge on any atom is -0.456 e. The van der Waals surface area contributed by atoms with E-state index in [2.05, 4.69) is 5.32 Å². The van der Waals surface area contributed by atoms with Crippen LogP contribution in [0.4, 0.5) is 0 Å². The van der Waals surface area contributed by atoms with E-state index in [-0.39, 0.29) is 5.91 Å². The molecule has 2 rings (SSSR count). The van der Waals surface area contributed by atoms with Gasteiger partial charge in [-0.15, -0.1) is 0 Å². The van der Waals surface area contributed by atoms with E-state index in [0.717, 1.165) is 31.7 Å². The largest absolute Gasteiger partial charge is 0.456 e. The molecule has 0 spiro atoms. The standard InChI is InChI=1S/C13H20N2O2/c1-3-11-6-7-12(17-11)13(16)15(2)9-10-5-4-8-14-10/h6-7,10,14H,3-5,8-9H2,1-2H3. The smallest absolute Gasteiger partial charge is 0.289 e. The highest BCUT2D eigenvalue weighted by Gasteiger charge is 2.21. The second-order valence-electron chi connectivity index (χ2n) is 4.60. The number of amides is 1. The molecule has 1 aromatic rings. The van der Waals surface area contributed by atoms with Crippen molar-refractivity contribution < 1.29 is 9.21 Å². The summed E-state index contributed by atoms with van der Waals surface area (Å²) in [6.45, 7) is 3.83. The number of furan rings is 1. The second kappa shape index (κ2) is 5.36. The fourth-order valence-corrected chi connectivity index (χ4v) is 2.20. The van der Waals surface area contributed by atoms with Gasteiger partial charge in [-0.1, -0.05) is 6.92 Å². The summed E-state index contributed by atoms with van der Waals surface area (Å²) in [5.41, 5.74) is 0. The van der Waals surface area contributed by atoms with Crippen molar-refractivity contribution in [3.05, 3.63) is 23.7 Å². The Labute approximate surface area is 102 Å². The van der Waals surface area contributed by atoms with Gasteiger partial charge in [-0.2, -0.15) is 0 Å². The normalized spacial score (nSPS) is 19.5. The Hall–Kier alpha value is -1.29. The molecule has 1 fully saturated rings. The number of carbonyl (C=O) groups is 1. The summed E-state index contributed by atoms with van der Waals surface area (Å²) in [6.07, 6.45) is 3.17. The summed E-state index contributed by atoms with van der Waals surface area (Å²) < 4.78 is 5.47. The van der Waals surface area contributed by atoms with Crippen LogP contribution < -0.4 is 5.32 Å². The van der Waals surface area contributed by atoms with E-state index in [1.54, 1.807) is 11.0 Å². The molecule has 0 aliphatic carbocycles. The van der Waals surface area contributed by atoms with E-state index in [4.69, 9.17) is 4.42 Å². The summed E-state index contributed by atoms with van der Waals surface area (Å²) in [4.78, 5) is 13.8. The first kappa shape index (κ1) is 12.2. The molecule has 1 atom stereocenters. The van der Waals surface area contributed by atoms with Crippen LogP contribution in [0.5, 0.6) is 0 Å². The number of nitrogens with one attached hydrogen (secondary N) is 1. The van der Waals surface area contributed by atoms with Gasteiger partial charge in [0, 0.05) is 26.1 Å². The maximum absolute atomic E-state index is 12.1. The fraction of sp³-hybridized carbons (Fsp3) is 0.615. The van der Waals surface area contributed by atoms with Crippen LogP contribution in [0.15, 0.2) is 16.5 Å². The molecular formula is C13H20N2O2. The zero-order valence-electron chi connectivity index (χ0n) is 10.5. The Bertz CT molecular complexity index is 381. The number of hydrogen-bond donors (Lipinski definition) is 1. The third kappa shape index (κ3) is 2.88. The van der Waals surface area contributed by atoms with Crippen LogP contribution >= 0.6 is 0 Å². The van der Waals surface area contributed by atoms with Crippen molar-refractivity contribution in [2.45, 2.75) is 32.2 Å². The molecule has 1 N–H and O–H groups in total. The highest BCUT2D eigenvalue weighted by molar-refractivity contribution is 5.91. The predicted molar refractivity (Wildman–Crippen MR) is 66.1 cm³/mol. The van der Waals surface area contributed by atoms with E-state index < -0.39 is 0 Å². The second-order valence-corrected chi connectivity index (χ2v) is 4.60. The van der Waals surface area contributed by atoms with Gasteiger partial charge in [-0.25, -0.2) is 0 Å². The van der Waals surface area contributed by atoms with E-state index >= 15 is 0 Å². The molecule has 94 valence electrons. The average molecular weight is 236 g/mol. The first-order chi connectivity index (χ1) is 8.20. The summed E-state index contributed by atoms with van der Waals surface area (Å²) in [6, 6.07) is 4.07. The van der Waals surface area contributed by atoms with Crippen molar-refractivity contribution in [3.8, 4) is 0 Å². The van der Waals surface area contributed by atoms with Gasteiger partial charge in [0.15, 0.2) is 5.76 Å². The topological polar surface area (TPSA) is 45.5 Å². The zero-order chi connectivity index (χ0) is 12.3. The number of aryl methyl sites for hydroxylation is 1. The molecule has 0 saturated carbocycles. The fourth-order valence-electron chi connectivity index (χ4n) is 2.20. The lowest BCUT2D eigenvalue weighted by Gasteiger charge is -2.20. The van der Waals surface area contributed by atoms with Crippen LogP contribution in [0.2, 0.25) is 0 Å². The maximum atomic E-state index is 12.1. The third-order valence-corrected chi connectivity index (χ3v) is 3.22. The van der Waals surface area contributed by atoms with E-state index in [0.29, 0.717) is 11.8 Å². The molecule has 1 aliphatic rings. The van der Waals surface area contributed by atoms with Crippen LogP contribution in [0.25, 0.3) is 0 Å². The first-order valence-electron chi connectivity index (χ1n) is 6.28. The molecule has 17 heavy (non-hydrogen) atoms. The molecular weight excluding hydrogens is 216 g/mol. The molecule has 1 saturated heterocycles. The molecule has 1 amide bonds. The molecule has 4 nitrogen and oxygen atoms in total. The van der Waals surface area contributed by atoms with Gasteiger partial charge < -0.3 is 14.6 Å². The highest BCUT2D eigenvalue weighted by atomic mass is 16.4. The van der Waals surface area contributed by atoms with Gasteiger partial charge in [0.2, 0.25) is 0 Å². The molecule has 2 heterocycles. The summed E-state index contributed by atoms with van der Waals surface area (Å²) in [7, 11) is 1.83. The number of carbonyl (C=O) groups excluding carboxylic acids is 1. The third-order valence-electron chi connectivity index (χ3n) is 3.22. The lowest BCUT2D eigenvalue weighted by molar-refractivity contribution is 0.0750. The van der Waals surface area contributed by atoms with E-state index in [1.807, 2.05) is 20.0 Å². The minimum absolute atomic E-state index is 0.0293. The number of hydrogen-bond acceptors (Lipinski definition) is 3. The molecule has 4 heteroatoms. The lowest BCUT2D eigenvalue weighted by atomic mass is 10.2. The number of likely N-dealkylation sites (N-methyl/N-ethyl adjacent to an activating group) is 1. The molecule has 1 aromatic heterocycles. The maximum Gasteiger partial charge on any atom is 0.289 e. The van der Waals surface area contributed by atoms with E-state index in [9.17, 15) is 4.79 Å². The molecule has 1 aliphatic heterocycles. The van der Waals surface area contributed by atoms with Crippen LogP contribution in [0.1, 0.15) is 36.1 Å². The van der Waals surface area contributed by atoms with Crippen LogP contribution in [-0.4, -0.2) is 37.0 Å². The Morgan fingerprint density at radius 2 is 2.41 bits per heavy atom. The minimum atomic E-state index is -0.0293. The van der Waals surface area contributed by atoms with E-state index in [1.165, 1.54) is 6.42 Å². The molecule has 0 radical (unpaired) electrons. The number of rotatable bonds is 4. The average Bonchev–Trinajstić information content (AvgIpc) is 2.98. The Morgan fingerprint density at radius 3 is 3.00 bits per heavy atom. The van der Waals surface area contributed by atoms with Crippen molar-refractivity contribution in [1.82, 2.24) is 10.2 Å². The summed E-state index contributed by atoms with van der Waals surface area (Å²) in [5, 5.41) is 3.39. The van der Waals surface area contributed by atoms with Crippen molar-refractivity contribution in [3.63, 3.8) is 0 Å². The summed E-state index contributed by atoms with van der Waals surface area (Å²) >= 11 is 0. The first-order valence-corrected chi connectivity index (χ1v) is 6.28. The van der Waals surface area contributed by atoms with Gasteiger partial charge in [0.05, 0.1) is 0 Å². The predicted octanol–water partition coefficient (Wildman–Crippen LogP) is 1.67. The van der Waals surface area contributed by atoms with Crippen LogP contribution in [0.3, 0.4) is 0 Å².